The molecule has 0 saturated carbocycles. The van der Waals surface area contributed by atoms with E-state index in [9.17, 15) is 24.3 Å². The van der Waals surface area contributed by atoms with Gasteiger partial charge >= 0.3 is 5.97 Å². The SMILES string of the molecule is CC(C)CC(N)C(=O)NC(Cc1cnc[nH]1)C(=O)NC(Cc1cnc[nH]1)C(=O)NC(CCCCN)C(=O)O. The highest BCUT2D eigenvalue weighted by Gasteiger charge is 2.31. The Morgan fingerprint density at radius 1 is 0.868 bits per heavy atom. The van der Waals surface area contributed by atoms with Crippen LogP contribution in [-0.2, 0) is 32.0 Å². The van der Waals surface area contributed by atoms with Crippen molar-refractivity contribution in [2.45, 2.75) is 76.5 Å². The number of rotatable bonds is 17. The molecule has 0 aromatic carbocycles. The molecule has 210 valence electrons. The zero-order chi connectivity index (χ0) is 28.1. The van der Waals surface area contributed by atoms with E-state index in [1.165, 1.54) is 25.0 Å². The molecular weight excluding hydrogens is 494 g/mol. The third-order valence-corrected chi connectivity index (χ3v) is 5.85. The lowest BCUT2D eigenvalue weighted by atomic mass is 10.0. The number of aromatic nitrogens is 4. The van der Waals surface area contributed by atoms with E-state index in [-0.39, 0.29) is 25.2 Å². The molecule has 0 spiro atoms. The van der Waals surface area contributed by atoms with Crippen molar-refractivity contribution in [3.05, 3.63) is 36.4 Å². The number of aromatic amines is 2. The molecule has 0 radical (unpaired) electrons. The predicted molar refractivity (Wildman–Crippen MR) is 138 cm³/mol. The smallest absolute Gasteiger partial charge is 0.326 e. The molecule has 2 heterocycles. The normalized spacial score (nSPS) is 14.3. The summed E-state index contributed by atoms with van der Waals surface area (Å²) in [5.74, 6) is -2.84. The summed E-state index contributed by atoms with van der Waals surface area (Å²) < 4.78 is 0. The van der Waals surface area contributed by atoms with Gasteiger partial charge in [0.05, 0.1) is 18.7 Å². The van der Waals surface area contributed by atoms with Crippen molar-refractivity contribution in [3.63, 3.8) is 0 Å². The molecule has 0 fully saturated rings. The number of amides is 3. The predicted octanol–water partition coefficient (Wildman–Crippen LogP) is -1.04. The zero-order valence-corrected chi connectivity index (χ0v) is 21.8. The number of hydrogen-bond donors (Lipinski definition) is 8. The molecule has 0 aliphatic rings. The van der Waals surface area contributed by atoms with Crippen LogP contribution in [0, 0.1) is 5.92 Å². The molecule has 0 aliphatic carbocycles. The van der Waals surface area contributed by atoms with Gasteiger partial charge < -0.3 is 42.5 Å². The molecule has 0 saturated heterocycles. The van der Waals surface area contributed by atoms with Gasteiger partial charge in [0, 0.05) is 36.6 Å². The summed E-state index contributed by atoms with van der Waals surface area (Å²) >= 11 is 0. The first kappa shape index (κ1) is 30.4. The van der Waals surface area contributed by atoms with Gasteiger partial charge in [0.1, 0.15) is 18.1 Å². The highest BCUT2D eigenvalue weighted by atomic mass is 16.4. The van der Waals surface area contributed by atoms with Gasteiger partial charge in [-0.05, 0) is 38.1 Å². The Balaban J connectivity index is 2.21. The Kier molecular flexibility index (Phi) is 12.4. The Morgan fingerprint density at radius 3 is 1.79 bits per heavy atom. The minimum Gasteiger partial charge on any atom is -0.480 e. The fourth-order valence-corrected chi connectivity index (χ4v) is 3.84. The standard InChI is InChI=1S/C24H39N9O5/c1-14(2)7-17(26)21(34)32-19(8-15-10-27-12-29-15)23(36)33-20(9-16-11-28-13-30-16)22(35)31-18(24(37)38)5-3-4-6-25/h10-14,17-20H,3-9,25-26H2,1-2H3,(H,27,29)(H,28,30)(H,31,35)(H,32,34)(H,33,36)(H,37,38). The maximum atomic E-state index is 13.4. The van der Waals surface area contributed by atoms with Gasteiger partial charge in [-0.25, -0.2) is 14.8 Å². The molecule has 3 amide bonds. The van der Waals surface area contributed by atoms with E-state index in [1.807, 2.05) is 13.8 Å². The Hall–Kier alpha value is -3.78. The molecule has 2 aromatic heterocycles. The van der Waals surface area contributed by atoms with Gasteiger partial charge in [-0.3, -0.25) is 14.4 Å². The molecule has 0 bridgehead atoms. The third kappa shape index (κ3) is 10.3. The molecule has 2 aromatic rings. The number of hydrogen-bond acceptors (Lipinski definition) is 8. The molecule has 4 unspecified atom stereocenters. The number of nitrogens with two attached hydrogens (primary N) is 2. The van der Waals surface area contributed by atoms with Crippen molar-refractivity contribution in [2.75, 3.05) is 6.54 Å². The number of H-pyrrole nitrogens is 2. The molecule has 4 atom stereocenters. The lowest BCUT2D eigenvalue weighted by molar-refractivity contribution is -0.142. The van der Waals surface area contributed by atoms with Crippen LogP contribution in [0.15, 0.2) is 25.0 Å². The van der Waals surface area contributed by atoms with Gasteiger partial charge in [0.15, 0.2) is 0 Å². The minimum atomic E-state index is -1.19. The van der Waals surface area contributed by atoms with Crippen LogP contribution >= 0.6 is 0 Å². The van der Waals surface area contributed by atoms with Crippen LogP contribution < -0.4 is 27.4 Å². The molecule has 14 nitrogen and oxygen atoms in total. The van der Waals surface area contributed by atoms with Crippen LogP contribution in [0.2, 0.25) is 0 Å². The summed E-state index contributed by atoms with van der Waals surface area (Å²) in [7, 11) is 0. The highest BCUT2D eigenvalue weighted by Crippen LogP contribution is 2.07. The average molecular weight is 534 g/mol. The first-order chi connectivity index (χ1) is 18.1. The topological polar surface area (TPSA) is 234 Å². The lowest BCUT2D eigenvalue weighted by Crippen LogP contribution is -2.58. The summed E-state index contributed by atoms with van der Waals surface area (Å²) in [6.07, 6.45) is 7.72. The number of nitrogens with one attached hydrogen (secondary N) is 5. The number of carbonyl (C=O) groups is 4. The highest BCUT2D eigenvalue weighted by molar-refractivity contribution is 5.94. The van der Waals surface area contributed by atoms with Crippen LogP contribution in [0.5, 0.6) is 0 Å². The van der Waals surface area contributed by atoms with E-state index in [2.05, 4.69) is 35.9 Å². The number of unbranched alkanes of at least 4 members (excludes halogenated alkanes) is 1. The second-order valence-electron chi connectivity index (χ2n) is 9.60. The quantitative estimate of drug-likeness (QED) is 0.116. The number of nitrogens with zero attached hydrogens (tertiary/aromatic N) is 2. The van der Waals surface area contributed by atoms with Gasteiger partial charge in [-0.2, -0.15) is 0 Å². The van der Waals surface area contributed by atoms with E-state index in [0.29, 0.717) is 37.2 Å². The fraction of sp³-hybridized carbons (Fsp3) is 0.583. The van der Waals surface area contributed by atoms with Gasteiger partial charge in [-0.1, -0.05) is 13.8 Å². The van der Waals surface area contributed by atoms with Crippen molar-refractivity contribution in [1.82, 2.24) is 35.9 Å². The average Bonchev–Trinajstić information content (AvgIpc) is 3.56. The van der Waals surface area contributed by atoms with Crippen molar-refractivity contribution in [3.8, 4) is 0 Å². The molecule has 14 heteroatoms. The number of carbonyl (C=O) groups excluding carboxylic acids is 3. The summed E-state index contributed by atoms with van der Waals surface area (Å²) in [6, 6.07) is -4.19. The van der Waals surface area contributed by atoms with E-state index < -0.39 is 47.9 Å². The maximum absolute atomic E-state index is 13.4. The monoisotopic (exact) mass is 533 g/mol. The Bertz CT molecular complexity index is 1010. The molecule has 10 N–H and O–H groups in total. The van der Waals surface area contributed by atoms with Gasteiger partial charge in [0.25, 0.3) is 0 Å². The summed E-state index contributed by atoms with van der Waals surface area (Å²) in [4.78, 5) is 64.7. The fourth-order valence-electron chi connectivity index (χ4n) is 3.84. The van der Waals surface area contributed by atoms with E-state index in [1.54, 1.807) is 0 Å². The van der Waals surface area contributed by atoms with Gasteiger partial charge in [-0.15, -0.1) is 0 Å². The third-order valence-electron chi connectivity index (χ3n) is 5.85. The molecule has 38 heavy (non-hydrogen) atoms. The van der Waals surface area contributed by atoms with Crippen molar-refractivity contribution < 1.29 is 24.3 Å². The number of carboxylic acid groups (broad SMARTS) is 1. The number of aliphatic carboxylic acids is 1. The summed E-state index contributed by atoms with van der Waals surface area (Å²) in [6.45, 7) is 4.27. The summed E-state index contributed by atoms with van der Waals surface area (Å²) in [5.41, 5.74) is 12.6. The first-order valence-electron chi connectivity index (χ1n) is 12.6. The lowest BCUT2D eigenvalue weighted by Gasteiger charge is -2.25. The number of imidazole rings is 2. The van der Waals surface area contributed by atoms with E-state index in [4.69, 9.17) is 11.5 Å². The van der Waals surface area contributed by atoms with Crippen LogP contribution in [0.25, 0.3) is 0 Å². The molecule has 2 rings (SSSR count). The Morgan fingerprint density at radius 2 is 1.37 bits per heavy atom. The molecular formula is C24H39N9O5. The van der Waals surface area contributed by atoms with E-state index >= 15 is 0 Å². The first-order valence-corrected chi connectivity index (χ1v) is 12.6. The van der Waals surface area contributed by atoms with Crippen LogP contribution in [-0.4, -0.2) is 79.4 Å². The van der Waals surface area contributed by atoms with Crippen molar-refractivity contribution >= 4 is 23.7 Å². The van der Waals surface area contributed by atoms with Crippen LogP contribution in [0.4, 0.5) is 0 Å². The van der Waals surface area contributed by atoms with Crippen molar-refractivity contribution in [1.29, 1.82) is 0 Å². The van der Waals surface area contributed by atoms with Crippen LogP contribution in [0.3, 0.4) is 0 Å². The summed E-state index contributed by atoms with van der Waals surface area (Å²) in [5, 5.41) is 17.4. The largest absolute Gasteiger partial charge is 0.480 e. The maximum Gasteiger partial charge on any atom is 0.326 e. The minimum absolute atomic E-state index is 0.0182. The second-order valence-corrected chi connectivity index (χ2v) is 9.60. The van der Waals surface area contributed by atoms with Gasteiger partial charge in [0.2, 0.25) is 17.7 Å². The van der Waals surface area contributed by atoms with Crippen LogP contribution in [0.1, 0.15) is 50.9 Å². The number of carboxylic acids is 1. The molecule has 0 aliphatic heterocycles. The second kappa shape index (κ2) is 15.5. The van der Waals surface area contributed by atoms with Crippen molar-refractivity contribution in [2.24, 2.45) is 17.4 Å². The van der Waals surface area contributed by atoms with E-state index in [0.717, 1.165) is 0 Å². The zero-order valence-electron chi connectivity index (χ0n) is 21.8. The Labute approximate surface area is 221 Å².